The number of hydrogen-bond acceptors (Lipinski definition) is 6. The second-order valence-electron chi connectivity index (χ2n) is 7.40. The SMILES string of the molecule is CNC(=O)[C@H]1CCCN1Cc1cc2c(Nc3ccc(F)c(Cl)c3)ncnc2cc1OC. The van der Waals surface area contributed by atoms with Gasteiger partial charge in [0.05, 0.1) is 23.7 Å². The van der Waals surface area contributed by atoms with Crippen molar-refractivity contribution in [2.75, 3.05) is 26.0 Å². The lowest BCUT2D eigenvalue weighted by Gasteiger charge is -2.24. The lowest BCUT2D eigenvalue weighted by molar-refractivity contribution is -0.125. The summed E-state index contributed by atoms with van der Waals surface area (Å²) < 4.78 is 19.1. The molecule has 0 aliphatic carbocycles. The Morgan fingerprint density at radius 2 is 2.16 bits per heavy atom. The number of benzene rings is 2. The molecule has 31 heavy (non-hydrogen) atoms. The second-order valence-corrected chi connectivity index (χ2v) is 7.81. The van der Waals surface area contributed by atoms with Gasteiger partial charge in [-0.15, -0.1) is 0 Å². The van der Waals surface area contributed by atoms with Crippen LogP contribution >= 0.6 is 11.6 Å². The highest BCUT2D eigenvalue weighted by Crippen LogP contribution is 2.32. The normalized spacial score (nSPS) is 16.5. The van der Waals surface area contributed by atoms with Crippen LogP contribution < -0.4 is 15.4 Å². The number of carbonyl (C=O) groups excluding carboxylic acids is 1. The monoisotopic (exact) mass is 443 g/mol. The molecule has 162 valence electrons. The molecule has 9 heteroatoms. The number of nitrogens with zero attached hydrogens (tertiary/aromatic N) is 3. The molecule has 2 N–H and O–H groups in total. The number of methoxy groups -OCH3 is 1. The Morgan fingerprint density at radius 3 is 2.90 bits per heavy atom. The van der Waals surface area contributed by atoms with E-state index in [1.165, 1.54) is 18.5 Å². The van der Waals surface area contributed by atoms with E-state index in [4.69, 9.17) is 16.3 Å². The predicted molar refractivity (Wildman–Crippen MR) is 118 cm³/mol. The zero-order chi connectivity index (χ0) is 22.0. The van der Waals surface area contributed by atoms with Gasteiger partial charge in [-0.2, -0.15) is 0 Å². The quantitative estimate of drug-likeness (QED) is 0.601. The molecule has 1 fully saturated rings. The molecule has 0 saturated carbocycles. The maximum absolute atomic E-state index is 13.5. The molecule has 0 radical (unpaired) electrons. The third-order valence-electron chi connectivity index (χ3n) is 5.51. The Morgan fingerprint density at radius 1 is 1.32 bits per heavy atom. The van der Waals surface area contributed by atoms with E-state index < -0.39 is 5.82 Å². The lowest BCUT2D eigenvalue weighted by atomic mass is 10.1. The Hall–Kier alpha value is -2.97. The van der Waals surface area contributed by atoms with E-state index >= 15 is 0 Å². The average Bonchev–Trinajstić information content (AvgIpc) is 3.24. The van der Waals surface area contributed by atoms with Crippen molar-refractivity contribution in [3.8, 4) is 5.75 Å². The average molecular weight is 444 g/mol. The number of hydrogen-bond donors (Lipinski definition) is 2. The highest BCUT2D eigenvalue weighted by molar-refractivity contribution is 6.31. The van der Waals surface area contributed by atoms with Crippen molar-refractivity contribution >= 4 is 39.9 Å². The summed E-state index contributed by atoms with van der Waals surface area (Å²) in [4.78, 5) is 23.1. The van der Waals surface area contributed by atoms with Crippen molar-refractivity contribution in [2.24, 2.45) is 0 Å². The van der Waals surface area contributed by atoms with Crippen LogP contribution in [0.1, 0.15) is 18.4 Å². The molecule has 1 aromatic heterocycles. The Balaban J connectivity index is 1.70. The zero-order valence-electron chi connectivity index (χ0n) is 17.3. The van der Waals surface area contributed by atoms with E-state index in [1.807, 2.05) is 12.1 Å². The molecule has 1 amide bonds. The van der Waals surface area contributed by atoms with Gasteiger partial charge in [0.1, 0.15) is 23.7 Å². The van der Waals surface area contributed by atoms with E-state index in [0.29, 0.717) is 29.3 Å². The van der Waals surface area contributed by atoms with Gasteiger partial charge in [0.2, 0.25) is 5.91 Å². The van der Waals surface area contributed by atoms with Crippen LogP contribution in [0.5, 0.6) is 5.75 Å². The molecule has 4 rings (SSSR count). The first-order chi connectivity index (χ1) is 15.0. The first kappa shape index (κ1) is 21.3. The number of aromatic nitrogens is 2. The molecular formula is C22H23ClFN5O2. The van der Waals surface area contributed by atoms with Crippen LogP contribution in [0.25, 0.3) is 10.9 Å². The largest absolute Gasteiger partial charge is 0.496 e. The second kappa shape index (κ2) is 9.03. The minimum atomic E-state index is -0.483. The van der Waals surface area contributed by atoms with Crippen molar-refractivity contribution in [1.82, 2.24) is 20.2 Å². The van der Waals surface area contributed by atoms with Gasteiger partial charge in [0.25, 0.3) is 0 Å². The van der Waals surface area contributed by atoms with E-state index in [0.717, 1.165) is 30.3 Å². The molecule has 0 unspecified atom stereocenters. The number of ether oxygens (including phenoxy) is 1. The summed E-state index contributed by atoms with van der Waals surface area (Å²) in [6, 6.07) is 8.08. The molecule has 7 nitrogen and oxygen atoms in total. The number of rotatable bonds is 6. The van der Waals surface area contributed by atoms with Crippen molar-refractivity contribution < 1.29 is 13.9 Å². The van der Waals surface area contributed by atoms with E-state index in [1.54, 1.807) is 20.2 Å². The number of likely N-dealkylation sites (N-methyl/N-ethyl adjacent to an activating group) is 1. The minimum absolute atomic E-state index is 0.0242. The summed E-state index contributed by atoms with van der Waals surface area (Å²) in [5.74, 6) is 0.810. The summed E-state index contributed by atoms with van der Waals surface area (Å²) in [5.41, 5.74) is 2.25. The maximum Gasteiger partial charge on any atom is 0.237 e. The van der Waals surface area contributed by atoms with Crippen LogP contribution in [0.15, 0.2) is 36.7 Å². The van der Waals surface area contributed by atoms with Gasteiger partial charge in [0, 0.05) is 36.3 Å². The number of halogens is 2. The van der Waals surface area contributed by atoms with Crippen LogP contribution in [-0.4, -0.2) is 47.5 Å². The van der Waals surface area contributed by atoms with Gasteiger partial charge in [0.15, 0.2) is 0 Å². The number of nitrogens with one attached hydrogen (secondary N) is 2. The van der Waals surface area contributed by atoms with Crippen LogP contribution in [0, 0.1) is 5.82 Å². The summed E-state index contributed by atoms with van der Waals surface area (Å²) in [6.07, 6.45) is 3.25. The van der Waals surface area contributed by atoms with Gasteiger partial charge < -0.3 is 15.4 Å². The van der Waals surface area contributed by atoms with Crippen LogP contribution in [0.2, 0.25) is 5.02 Å². The van der Waals surface area contributed by atoms with Gasteiger partial charge in [-0.25, -0.2) is 14.4 Å². The van der Waals surface area contributed by atoms with E-state index in [-0.39, 0.29) is 17.0 Å². The zero-order valence-corrected chi connectivity index (χ0v) is 18.0. The fourth-order valence-corrected chi connectivity index (χ4v) is 4.13. The summed E-state index contributed by atoms with van der Waals surface area (Å²) in [5, 5.41) is 6.75. The highest BCUT2D eigenvalue weighted by atomic mass is 35.5. The number of anilines is 2. The standard InChI is InChI=1S/C22H23ClFN5O2/c1-25-22(30)19-4-3-7-29(19)11-13-8-15-18(10-20(13)31-2)26-12-27-21(15)28-14-5-6-17(24)16(23)9-14/h5-6,8-10,12,19H,3-4,7,11H2,1-2H3,(H,25,30)(H,26,27,28)/t19-/m1/s1. The summed E-state index contributed by atoms with van der Waals surface area (Å²) in [7, 11) is 3.28. The molecule has 1 aliphatic heterocycles. The van der Waals surface area contributed by atoms with Crippen LogP contribution in [-0.2, 0) is 11.3 Å². The smallest absolute Gasteiger partial charge is 0.237 e. The molecule has 1 aliphatic rings. The van der Waals surface area contributed by atoms with Crippen molar-refractivity contribution in [3.63, 3.8) is 0 Å². The fraction of sp³-hybridized carbons (Fsp3) is 0.318. The van der Waals surface area contributed by atoms with Crippen LogP contribution in [0.3, 0.4) is 0 Å². The molecule has 2 heterocycles. The molecule has 1 saturated heterocycles. The summed E-state index contributed by atoms with van der Waals surface area (Å²) >= 11 is 5.91. The molecule has 1 atom stereocenters. The predicted octanol–water partition coefficient (Wildman–Crippen LogP) is 3.88. The number of fused-ring (bicyclic) bond motifs is 1. The highest BCUT2D eigenvalue weighted by Gasteiger charge is 2.30. The molecule has 0 spiro atoms. The van der Waals surface area contributed by atoms with E-state index in [9.17, 15) is 9.18 Å². The first-order valence-corrected chi connectivity index (χ1v) is 10.4. The van der Waals surface area contributed by atoms with E-state index in [2.05, 4.69) is 25.5 Å². The van der Waals surface area contributed by atoms with Crippen molar-refractivity contribution in [3.05, 3.63) is 53.1 Å². The van der Waals surface area contributed by atoms with Crippen LogP contribution in [0.4, 0.5) is 15.9 Å². The number of likely N-dealkylation sites (tertiary alicyclic amines) is 1. The number of amides is 1. The Labute approximate surface area is 184 Å². The topological polar surface area (TPSA) is 79.4 Å². The van der Waals surface area contributed by atoms with Gasteiger partial charge in [-0.3, -0.25) is 9.69 Å². The fourth-order valence-electron chi connectivity index (χ4n) is 3.95. The van der Waals surface area contributed by atoms with Gasteiger partial charge in [-0.05, 0) is 43.7 Å². The molecular weight excluding hydrogens is 421 g/mol. The van der Waals surface area contributed by atoms with Crippen molar-refractivity contribution in [1.29, 1.82) is 0 Å². The maximum atomic E-state index is 13.5. The first-order valence-electron chi connectivity index (χ1n) is 9.99. The molecule has 0 bridgehead atoms. The summed E-state index contributed by atoms with van der Waals surface area (Å²) in [6.45, 7) is 1.40. The third kappa shape index (κ3) is 4.40. The number of carbonyl (C=O) groups is 1. The molecule has 3 aromatic rings. The third-order valence-corrected chi connectivity index (χ3v) is 5.80. The lowest BCUT2D eigenvalue weighted by Crippen LogP contribution is -2.41. The van der Waals surface area contributed by atoms with Gasteiger partial charge >= 0.3 is 0 Å². The molecule has 2 aromatic carbocycles. The Kier molecular flexibility index (Phi) is 6.20. The van der Waals surface area contributed by atoms with Gasteiger partial charge in [-0.1, -0.05) is 11.6 Å². The Bertz CT molecular complexity index is 1130. The van der Waals surface area contributed by atoms with Crippen molar-refractivity contribution in [2.45, 2.75) is 25.4 Å². The minimum Gasteiger partial charge on any atom is -0.496 e.